The van der Waals surface area contributed by atoms with Gasteiger partial charge in [-0.2, -0.15) is 44.9 Å². The van der Waals surface area contributed by atoms with Gasteiger partial charge >= 0.3 is 0 Å². The second-order valence-electron chi connectivity index (χ2n) is 42.6. The lowest BCUT2D eigenvalue weighted by Gasteiger charge is -2.51. The van der Waals surface area contributed by atoms with E-state index in [0.29, 0.717) is 141 Å². The monoisotopic (exact) mass is 1720 g/mol. The van der Waals surface area contributed by atoms with Crippen LogP contribution in [0.4, 0.5) is 53.5 Å². The second-order valence-corrected chi connectivity index (χ2v) is 42.6. The maximum absolute atomic E-state index is 5.98. The van der Waals surface area contributed by atoms with Gasteiger partial charge in [0.05, 0.1) is 52.9 Å². The summed E-state index contributed by atoms with van der Waals surface area (Å²) < 4.78 is 45.5. The Balaban J connectivity index is 1.18. The van der Waals surface area contributed by atoms with E-state index in [0.717, 1.165) is 160 Å². The van der Waals surface area contributed by atoms with E-state index in [1.165, 1.54) is 0 Å². The molecule has 5 aliphatic rings. The van der Waals surface area contributed by atoms with Gasteiger partial charge in [-0.3, -0.25) is 0 Å². The molecule has 8 rings (SSSR count). The molecule has 0 radical (unpaired) electrons. The third-order valence-electron chi connectivity index (χ3n) is 25.0. The maximum atomic E-state index is 5.98. The van der Waals surface area contributed by atoms with Gasteiger partial charge in [0.25, 0.3) is 0 Å². The Kier molecular flexibility index (Phi) is 37.8. The molecule has 0 aromatic carbocycles. The number of hydrogen-bond acceptors (Lipinski definition) is 31. The highest BCUT2D eigenvalue weighted by atomic mass is 16.5. The number of anilines is 9. The topological polar surface area (TPSA) is 279 Å². The normalized spacial score (nSPS) is 20.5. The zero-order valence-corrected chi connectivity index (χ0v) is 82.1. The Labute approximate surface area is 738 Å². The lowest BCUT2D eigenvalue weighted by molar-refractivity contribution is 0.156. The first-order valence-corrected chi connectivity index (χ1v) is 46.3. The van der Waals surface area contributed by atoms with Gasteiger partial charge in [0.2, 0.25) is 53.5 Å². The molecule has 5 saturated heterocycles. The average Bonchev–Trinajstić information content (AvgIpc) is 0.770. The molecule has 700 valence electrons. The van der Waals surface area contributed by atoms with Crippen molar-refractivity contribution >= 4 is 53.5 Å². The van der Waals surface area contributed by atoms with Crippen LogP contribution in [0, 0.1) is 0 Å². The highest BCUT2D eigenvalue weighted by molar-refractivity contribution is 5.52. The largest absolute Gasteiger partial charge is 0.383 e. The van der Waals surface area contributed by atoms with Crippen molar-refractivity contribution in [3.05, 3.63) is 0 Å². The highest BCUT2D eigenvalue weighted by Gasteiger charge is 2.48. The Morgan fingerprint density at radius 1 is 0.213 bits per heavy atom. The predicted molar refractivity (Wildman–Crippen MR) is 500 cm³/mol. The predicted octanol–water partition coefficient (Wildman–Crippen LogP) is 11.4. The van der Waals surface area contributed by atoms with Gasteiger partial charge in [-0.25, -0.2) is 0 Å². The Morgan fingerprint density at radius 3 is 0.533 bits per heavy atom. The zero-order valence-electron chi connectivity index (χ0n) is 82.1. The molecule has 122 heavy (non-hydrogen) atoms. The van der Waals surface area contributed by atoms with Crippen molar-refractivity contribution in [3.63, 3.8) is 0 Å². The molecule has 8 heterocycles. The summed E-state index contributed by atoms with van der Waals surface area (Å²) in [7, 11) is 16.2. The fourth-order valence-corrected chi connectivity index (χ4v) is 21.4. The van der Waals surface area contributed by atoms with Crippen LogP contribution in [0.3, 0.4) is 0 Å². The van der Waals surface area contributed by atoms with Crippen molar-refractivity contribution in [2.75, 3.05) is 239 Å². The second kappa shape index (κ2) is 45.1. The minimum Gasteiger partial charge on any atom is -0.383 e. The summed E-state index contributed by atoms with van der Waals surface area (Å²) in [5.74, 6) is 6.06. The molecule has 5 N–H and O–H groups in total. The van der Waals surface area contributed by atoms with Crippen LogP contribution in [0.2, 0.25) is 0 Å². The number of piperidine rings is 5. The third-order valence-corrected chi connectivity index (χ3v) is 25.0. The Morgan fingerprint density at radius 2 is 0.361 bits per heavy atom. The van der Waals surface area contributed by atoms with E-state index in [-0.39, 0.29) is 85.6 Å². The molecule has 0 atom stereocenters. The number of unbranched alkanes of at least 4 members (excludes halogenated alkanes) is 6. The summed E-state index contributed by atoms with van der Waals surface area (Å²) in [6.45, 7) is 59.0. The number of aromatic nitrogens is 9. The molecule has 0 unspecified atom stereocenters. The van der Waals surface area contributed by atoms with Crippen molar-refractivity contribution < 1.29 is 37.9 Å². The molecule has 31 nitrogen and oxygen atoms in total. The van der Waals surface area contributed by atoms with Crippen molar-refractivity contribution in [1.82, 2.24) is 71.4 Å². The molecular weight excluding hydrogens is 1540 g/mol. The standard InChI is InChI=1S/C91H173N23O8/c1-82(2)58-68(59-83(3,4)101-82)106(21)73-92-78(111(69-60-84(5,6)102-85(7,8)61-69)38-34-30-32-36-40-113(71-64-88(13,14)104-89(15,16)65-71)80-96-74(107(42-50-115-22)43-51-116-23)94-75(97-80)108(44-52-117-24)45-53-118-25)100-79(93-73)112(70-62-86(9,10)103-87(11,12)63-70)39-35-31-33-37-41-114(72-66-90(17,18)105-91(19,20)67-72)81-98-76(109(46-54-119-26)47-55-120-27)95-77(99-81)110(48-56-121-28)49-57-122-29/h68-72,101-105H,30-67H2,1-29H3. The summed E-state index contributed by atoms with van der Waals surface area (Å²) in [6.07, 6.45) is 17.1. The van der Waals surface area contributed by atoms with E-state index in [1.54, 1.807) is 56.9 Å². The molecule has 0 amide bonds. The van der Waals surface area contributed by atoms with Crippen LogP contribution in [0.25, 0.3) is 0 Å². The van der Waals surface area contributed by atoms with Crippen molar-refractivity contribution in [2.45, 2.75) is 340 Å². The van der Waals surface area contributed by atoms with Gasteiger partial charge in [0.15, 0.2) is 0 Å². The van der Waals surface area contributed by atoms with Crippen LogP contribution in [0.1, 0.15) is 254 Å². The van der Waals surface area contributed by atoms with Gasteiger partial charge in [-0.15, -0.1) is 0 Å². The van der Waals surface area contributed by atoms with E-state index < -0.39 is 0 Å². The lowest BCUT2D eigenvalue weighted by Crippen LogP contribution is -2.63. The van der Waals surface area contributed by atoms with Gasteiger partial charge in [0, 0.05) is 228 Å². The highest BCUT2D eigenvalue weighted by Crippen LogP contribution is 2.42. The summed E-state index contributed by atoms with van der Waals surface area (Å²) >= 11 is 0. The van der Waals surface area contributed by atoms with E-state index in [4.69, 9.17) is 82.8 Å². The fourth-order valence-electron chi connectivity index (χ4n) is 21.4. The van der Waals surface area contributed by atoms with Crippen LogP contribution < -0.4 is 70.7 Å². The smallest absolute Gasteiger partial charge is 0.232 e. The summed E-state index contributed by atoms with van der Waals surface area (Å²) in [4.78, 5) is 71.5. The van der Waals surface area contributed by atoms with Crippen LogP contribution in [0.5, 0.6) is 0 Å². The number of rotatable bonds is 52. The number of hydrogen-bond donors (Lipinski definition) is 5. The van der Waals surface area contributed by atoms with E-state index >= 15 is 0 Å². The Bertz CT molecular complexity index is 3200. The molecule has 31 heteroatoms. The van der Waals surface area contributed by atoms with Crippen molar-refractivity contribution in [2.24, 2.45) is 0 Å². The first-order valence-electron chi connectivity index (χ1n) is 46.3. The zero-order chi connectivity index (χ0) is 89.7. The number of ether oxygens (including phenoxy) is 8. The van der Waals surface area contributed by atoms with Gasteiger partial charge in [0.1, 0.15) is 0 Å². The van der Waals surface area contributed by atoms with Crippen LogP contribution in [-0.4, -0.2) is 326 Å². The Hall–Kier alpha value is -5.29. The maximum Gasteiger partial charge on any atom is 0.232 e. The minimum absolute atomic E-state index is 0.116. The molecule has 5 aliphatic heterocycles. The average molecular weight is 1720 g/mol. The molecule has 3 aromatic heterocycles. The SMILES string of the molecule is COCCN(CCOC)c1nc(N(CCOC)CCOC)nc(N(CCCCCCN(c2nc(N(C)C3CC(C)(C)NC(C)(C)C3)nc(N(CCCCCCN(c3nc(N(CCOC)CCOC)nc(N(CCOC)CCOC)n3)C3CC(C)(C)NC(C)(C)C3)C3CC(C)(C)NC(C)(C)C3)n2)C2CC(C)(C)NC(C)(C)C2)C2CC(C)(C)NC(C)(C)C2)n1. The molecular formula is C91H173N23O8. The first kappa shape index (κ1) is 102. The van der Waals surface area contributed by atoms with Crippen LogP contribution >= 0.6 is 0 Å². The summed E-state index contributed by atoms with van der Waals surface area (Å²) in [5.41, 5.74) is -1.42. The quantitative estimate of drug-likeness (QED) is 0.0328. The number of methoxy groups -OCH3 is 8. The summed E-state index contributed by atoms with van der Waals surface area (Å²) in [6, 6.07) is 0.725. The van der Waals surface area contributed by atoms with Gasteiger partial charge < -0.3 is 109 Å². The molecule has 0 saturated carbocycles. The number of nitrogens with zero attached hydrogens (tertiary/aromatic N) is 18. The van der Waals surface area contributed by atoms with Crippen molar-refractivity contribution in [3.8, 4) is 0 Å². The van der Waals surface area contributed by atoms with Gasteiger partial charge in [-0.1, -0.05) is 25.7 Å². The molecule has 0 bridgehead atoms. The molecule has 0 spiro atoms. The van der Waals surface area contributed by atoms with Gasteiger partial charge in [-0.05, 0) is 228 Å². The van der Waals surface area contributed by atoms with Crippen molar-refractivity contribution in [1.29, 1.82) is 0 Å². The van der Waals surface area contributed by atoms with Crippen LogP contribution in [-0.2, 0) is 37.9 Å². The van der Waals surface area contributed by atoms with E-state index in [9.17, 15) is 0 Å². The van der Waals surface area contributed by atoms with Crippen LogP contribution in [0.15, 0.2) is 0 Å². The first-order chi connectivity index (χ1) is 57.3. The lowest BCUT2D eigenvalue weighted by atomic mass is 9.79. The van der Waals surface area contributed by atoms with E-state index in [2.05, 4.69) is 216 Å². The summed E-state index contributed by atoms with van der Waals surface area (Å²) in [5, 5.41) is 20.1. The third kappa shape index (κ3) is 31.6. The molecule has 0 aliphatic carbocycles. The molecule has 5 fully saturated rings. The number of nitrogens with one attached hydrogen (secondary N) is 5. The minimum atomic E-state index is -0.157. The fraction of sp³-hybridized carbons (Fsp3) is 0.901. The van der Waals surface area contributed by atoms with E-state index in [1.807, 2.05) is 0 Å². The molecule has 3 aromatic rings.